The molecule has 1 aliphatic heterocycles. The summed E-state index contributed by atoms with van der Waals surface area (Å²) in [6.07, 6.45) is 0. The second kappa shape index (κ2) is 8.68. The summed E-state index contributed by atoms with van der Waals surface area (Å²) in [5.74, 6) is 0.430. The summed E-state index contributed by atoms with van der Waals surface area (Å²) in [6, 6.07) is 24.1. The van der Waals surface area contributed by atoms with Crippen molar-refractivity contribution in [3.05, 3.63) is 111 Å². The molecule has 168 valence electrons. The molecule has 0 spiro atoms. The largest absolute Gasteiger partial charge is 0.493 e. The third kappa shape index (κ3) is 3.61. The molecule has 7 nitrogen and oxygen atoms in total. The highest BCUT2D eigenvalue weighted by molar-refractivity contribution is 5.86. The van der Waals surface area contributed by atoms with Crippen LogP contribution in [0.25, 0.3) is 11.0 Å². The zero-order valence-corrected chi connectivity index (χ0v) is 18.3. The van der Waals surface area contributed by atoms with Crippen molar-refractivity contribution in [2.75, 3.05) is 7.11 Å². The molecule has 2 N–H and O–H groups in total. The Labute approximate surface area is 195 Å². The van der Waals surface area contributed by atoms with Gasteiger partial charge in [-0.05, 0) is 35.4 Å². The molecule has 1 unspecified atom stereocenters. The fourth-order valence-corrected chi connectivity index (χ4v) is 4.12. The predicted octanol–water partition coefficient (Wildman–Crippen LogP) is 4.60. The van der Waals surface area contributed by atoms with E-state index in [0.717, 1.165) is 5.56 Å². The molecule has 7 heteroatoms. The van der Waals surface area contributed by atoms with Gasteiger partial charge in [-0.3, -0.25) is 0 Å². The smallest absolute Gasteiger partial charge is 0.344 e. The highest BCUT2D eigenvalue weighted by Gasteiger charge is 2.36. The number of nitrogens with two attached hydrogens (primary N) is 1. The number of hydrogen-bond acceptors (Lipinski definition) is 7. The van der Waals surface area contributed by atoms with E-state index in [1.807, 2.05) is 36.4 Å². The van der Waals surface area contributed by atoms with E-state index >= 15 is 0 Å². The number of benzene rings is 3. The topological polar surface area (TPSA) is 108 Å². The number of nitriles is 1. The van der Waals surface area contributed by atoms with E-state index in [0.29, 0.717) is 34.6 Å². The summed E-state index contributed by atoms with van der Waals surface area (Å²) in [5.41, 5.74) is 7.87. The third-order valence-corrected chi connectivity index (χ3v) is 5.73. The number of para-hydroxylation sites is 1. The molecule has 4 aromatic rings. The number of methoxy groups -OCH3 is 1. The maximum atomic E-state index is 13.1. The summed E-state index contributed by atoms with van der Waals surface area (Å²) in [6.45, 7) is 0.320. The van der Waals surface area contributed by atoms with Gasteiger partial charge in [0.15, 0.2) is 17.2 Å². The molecule has 1 atom stereocenters. The zero-order valence-electron chi connectivity index (χ0n) is 18.3. The van der Waals surface area contributed by atoms with Crippen molar-refractivity contribution in [3.63, 3.8) is 0 Å². The monoisotopic (exact) mass is 452 g/mol. The molecule has 0 saturated carbocycles. The van der Waals surface area contributed by atoms with Crippen molar-refractivity contribution in [1.82, 2.24) is 0 Å². The van der Waals surface area contributed by atoms with Crippen molar-refractivity contribution in [2.45, 2.75) is 12.5 Å². The first-order chi connectivity index (χ1) is 16.6. The van der Waals surface area contributed by atoms with Gasteiger partial charge in [-0.25, -0.2) is 4.79 Å². The van der Waals surface area contributed by atoms with Crippen LogP contribution >= 0.6 is 0 Å². The van der Waals surface area contributed by atoms with Gasteiger partial charge < -0.3 is 24.4 Å². The molecule has 1 aliphatic rings. The zero-order chi connectivity index (χ0) is 23.7. The first-order valence-corrected chi connectivity index (χ1v) is 10.6. The van der Waals surface area contributed by atoms with Crippen LogP contribution in [0.5, 0.6) is 17.2 Å². The highest BCUT2D eigenvalue weighted by Crippen LogP contribution is 2.45. The van der Waals surface area contributed by atoms with Gasteiger partial charge in [0, 0.05) is 0 Å². The fraction of sp³-hybridized carbons (Fsp3) is 0.111. The first-order valence-electron chi connectivity index (χ1n) is 10.6. The number of fused-ring (bicyclic) bond motifs is 3. The molecule has 34 heavy (non-hydrogen) atoms. The Morgan fingerprint density at radius 3 is 2.56 bits per heavy atom. The van der Waals surface area contributed by atoms with E-state index in [1.54, 1.807) is 43.5 Å². The van der Waals surface area contributed by atoms with Gasteiger partial charge in [0.25, 0.3) is 0 Å². The van der Waals surface area contributed by atoms with Crippen LogP contribution < -0.4 is 25.6 Å². The average molecular weight is 452 g/mol. The summed E-state index contributed by atoms with van der Waals surface area (Å²) >= 11 is 0. The molecule has 0 aliphatic carbocycles. The maximum absolute atomic E-state index is 13.1. The molecule has 0 fully saturated rings. The number of allylic oxidation sites excluding steroid dienone is 1. The fourth-order valence-electron chi connectivity index (χ4n) is 4.12. The van der Waals surface area contributed by atoms with Gasteiger partial charge in [0.05, 0.1) is 24.0 Å². The molecule has 0 bridgehead atoms. The second-order valence-corrected chi connectivity index (χ2v) is 7.74. The Bertz CT molecular complexity index is 1520. The van der Waals surface area contributed by atoms with E-state index < -0.39 is 11.5 Å². The van der Waals surface area contributed by atoms with Crippen molar-refractivity contribution < 1.29 is 18.6 Å². The quantitative estimate of drug-likeness (QED) is 0.441. The van der Waals surface area contributed by atoms with Crippen LogP contribution in [0, 0.1) is 11.3 Å². The van der Waals surface area contributed by atoms with Crippen molar-refractivity contribution in [2.24, 2.45) is 5.73 Å². The maximum Gasteiger partial charge on any atom is 0.344 e. The summed E-state index contributed by atoms with van der Waals surface area (Å²) < 4.78 is 22.8. The predicted molar refractivity (Wildman–Crippen MR) is 126 cm³/mol. The normalized spacial score (nSPS) is 14.8. The van der Waals surface area contributed by atoms with Crippen LogP contribution in [0.4, 0.5) is 0 Å². The summed E-state index contributed by atoms with van der Waals surface area (Å²) in [4.78, 5) is 13.1. The minimum Gasteiger partial charge on any atom is -0.493 e. The molecule has 0 saturated heterocycles. The van der Waals surface area contributed by atoms with Crippen molar-refractivity contribution >= 4 is 11.0 Å². The van der Waals surface area contributed by atoms with Gasteiger partial charge in [0.1, 0.15) is 23.8 Å². The minimum absolute atomic E-state index is 0.0571. The Morgan fingerprint density at radius 2 is 1.79 bits per heavy atom. The van der Waals surface area contributed by atoms with E-state index in [2.05, 4.69) is 6.07 Å². The van der Waals surface area contributed by atoms with Crippen molar-refractivity contribution in [1.29, 1.82) is 5.26 Å². The molecule has 0 radical (unpaired) electrons. The van der Waals surface area contributed by atoms with E-state index in [4.69, 9.17) is 24.4 Å². The SMILES string of the molecule is COc1ccc(C2C(C#N)=C(N)Oc3c2c(=O)oc2ccccc32)cc1OCc1ccccc1. The second-order valence-electron chi connectivity index (χ2n) is 7.74. The lowest BCUT2D eigenvalue weighted by Gasteiger charge is -2.26. The Morgan fingerprint density at radius 1 is 1.03 bits per heavy atom. The van der Waals surface area contributed by atoms with Crippen LogP contribution in [-0.2, 0) is 6.61 Å². The lowest BCUT2D eigenvalue weighted by molar-refractivity contribution is 0.284. The molecule has 5 rings (SSSR count). The Kier molecular flexibility index (Phi) is 5.40. The number of nitrogens with zero attached hydrogens (tertiary/aromatic N) is 1. The molecular formula is C27H20N2O5. The summed E-state index contributed by atoms with van der Waals surface area (Å²) in [7, 11) is 1.55. The van der Waals surface area contributed by atoms with Gasteiger partial charge in [0.2, 0.25) is 5.88 Å². The third-order valence-electron chi connectivity index (χ3n) is 5.73. The van der Waals surface area contributed by atoms with Crippen LogP contribution in [-0.4, -0.2) is 7.11 Å². The molecular weight excluding hydrogens is 432 g/mol. The van der Waals surface area contributed by atoms with E-state index in [9.17, 15) is 10.1 Å². The molecule has 3 aromatic carbocycles. The average Bonchev–Trinajstić information content (AvgIpc) is 2.87. The Hall–Kier alpha value is -4.70. The van der Waals surface area contributed by atoms with Gasteiger partial charge >= 0.3 is 5.63 Å². The van der Waals surface area contributed by atoms with E-state index in [1.165, 1.54) is 0 Å². The number of ether oxygens (including phenoxy) is 3. The van der Waals surface area contributed by atoms with Gasteiger partial charge in [-0.1, -0.05) is 48.5 Å². The van der Waals surface area contributed by atoms with Crippen LogP contribution in [0.2, 0.25) is 0 Å². The van der Waals surface area contributed by atoms with Gasteiger partial charge in [-0.2, -0.15) is 5.26 Å². The van der Waals surface area contributed by atoms with Crippen LogP contribution in [0.15, 0.2) is 93.5 Å². The molecule has 2 heterocycles. The van der Waals surface area contributed by atoms with Gasteiger partial charge in [-0.15, -0.1) is 0 Å². The Balaban J connectivity index is 1.65. The van der Waals surface area contributed by atoms with E-state index in [-0.39, 0.29) is 22.8 Å². The van der Waals surface area contributed by atoms with Crippen molar-refractivity contribution in [3.8, 4) is 23.3 Å². The molecule has 0 amide bonds. The lowest BCUT2D eigenvalue weighted by atomic mass is 9.83. The van der Waals surface area contributed by atoms with Crippen LogP contribution in [0.3, 0.4) is 0 Å². The minimum atomic E-state index is -0.792. The lowest BCUT2D eigenvalue weighted by Crippen LogP contribution is -2.26. The van der Waals surface area contributed by atoms with Crippen LogP contribution in [0.1, 0.15) is 22.6 Å². The number of rotatable bonds is 5. The number of hydrogen-bond donors (Lipinski definition) is 1. The molecule has 1 aromatic heterocycles. The first kappa shape index (κ1) is 21.2. The standard InChI is InChI=1S/C27H20N2O5/c1-31-21-12-11-17(13-22(21)32-15-16-7-3-2-4-8-16)23-19(14-28)26(29)34-25-18-9-5-6-10-20(18)33-27(30)24(23)25/h2-13,23H,15,29H2,1H3. The summed E-state index contributed by atoms with van der Waals surface area (Å²) in [5, 5.41) is 10.5. The highest BCUT2D eigenvalue weighted by atomic mass is 16.5.